The molecule has 8 heteroatoms. The predicted octanol–water partition coefficient (Wildman–Crippen LogP) is 1.83. The summed E-state index contributed by atoms with van der Waals surface area (Å²) in [6.45, 7) is 3.38. The fourth-order valence-corrected chi connectivity index (χ4v) is 2.69. The van der Waals surface area contributed by atoms with Gasteiger partial charge in [-0.2, -0.15) is 0 Å². The van der Waals surface area contributed by atoms with Crippen molar-refractivity contribution in [2.75, 3.05) is 5.73 Å². The lowest BCUT2D eigenvalue weighted by molar-refractivity contribution is -0.141. The first-order chi connectivity index (χ1) is 14.2. The Labute approximate surface area is 173 Å². The summed E-state index contributed by atoms with van der Waals surface area (Å²) in [7, 11) is 0. The van der Waals surface area contributed by atoms with Gasteiger partial charge in [0.1, 0.15) is 11.6 Å². The maximum atomic E-state index is 11.3. The van der Waals surface area contributed by atoms with Crippen molar-refractivity contribution in [2.24, 2.45) is 5.73 Å². The molecule has 0 bridgehead atoms. The number of carbonyl (C=O) groups is 2. The molecule has 158 valence electrons. The smallest absolute Gasteiger partial charge is 0.336 e. The number of nitrogens with two attached hydrogens (primary N) is 2. The van der Waals surface area contributed by atoms with Gasteiger partial charge >= 0.3 is 11.6 Å². The molecule has 0 fully saturated rings. The van der Waals surface area contributed by atoms with Gasteiger partial charge < -0.3 is 26.3 Å². The van der Waals surface area contributed by atoms with Crippen LogP contribution in [0.4, 0.5) is 5.69 Å². The minimum absolute atomic E-state index is 0.245. The Morgan fingerprint density at radius 3 is 2.40 bits per heavy atom. The molecule has 2 atom stereocenters. The van der Waals surface area contributed by atoms with E-state index in [-0.39, 0.29) is 12.0 Å². The molecule has 0 aliphatic rings. The summed E-state index contributed by atoms with van der Waals surface area (Å²) in [5, 5.41) is 12.3. The number of aliphatic carboxylic acids is 1. The van der Waals surface area contributed by atoms with Gasteiger partial charge in [0.05, 0.1) is 6.04 Å². The summed E-state index contributed by atoms with van der Waals surface area (Å²) in [4.78, 5) is 33.4. The Bertz CT molecular complexity index is 1080. The highest BCUT2D eigenvalue weighted by atomic mass is 16.4. The fourth-order valence-electron chi connectivity index (χ4n) is 2.69. The van der Waals surface area contributed by atoms with Gasteiger partial charge in [-0.1, -0.05) is 30.3 Å². The zero-order valence-electron chi connectivity index (χ0n) is 16.8. The first kappa shape index (κ1) is 22.6. The van der Waals surface area contributed by atoms with E-state index in [1.54, 1.807) is 12.1 Å². The van der Waals surface area contributed by atoms with Crippen LogP contribution in [0.15, 0.2) is 63.8 Å². The quantitative estimate of drug-likeness (QED) is 0.370. The molecule has 8 nitrogen and oxygen atoms in total. The normalized spacial score (nSPS) is 12.4. The molecule has 0 aliphatic carbocycles. The molecule has 3 aromatic rings. The molecule has 0 saturated heterocycles. The number of hydrogen-bond acceptors (Lipinski definition) is 6. The van der Waals surface area contributed by atoms with E-state index in [1.807, 2.05) is 43.3 Å². The average Bonchev–Trinajstić information content (AvgIpc) is 2.68. The summed E-state index contributed by atoms with van der Waals surface area (Å²) in [5.74, 6) is -1.53. The number of carboxylic acids is 1. The average molecular weight is 411 g/mol. The lowest BCUT2D eigenvalue weighted by Gasteiger charge is -2.16. The van der Waals surface area contributed by atoms with Crippen LogP contribution in [0.1, 0.15) is 18.1 Å². The van der Waals surface area contributed by atoms with E-state index < -0.39 is 24.0 Å². The molecule has 0 radical (unpaired) electrons. The lowest BCUT2D eigenvalue weighted by atomic mass is 10.1. The van der Waals surface area contributed by atoms with E-state index in [4.69, 9.17) is 21.0 Å². The van der Waals surface area contributed by atoms with Gasteiger partial charge in [0.2, 0.25) is 5.91 Å². The van der Waals surface area contributed by atoms with Crippen LogP contribution in [0.25, 0.3) is 11.0 Å². The number of carbonyl (C=O) groups excluding carboxylic acids is 1. The number of anilines is 1. The van der Waals surface area contributed by atoms with Crippen LogP contribution in [-0.2, 0) is 16.0 Å². The highest BCUT2D eigenvalue weighted by Crippen LogP contribution is 2.18. The maximum Gasteiger partial charge on any atom is 0.336 e. The highest BCUT2D eigenvalue weighted by Gasteiger charge is 2.21. The summed E-state index contributed by atoms with van der Waals surface area (Å²) in [6.07, 6.45) is 0.245. The number of carboxylic acid groups (broad SMARTS) is 1. The number of fused-ring (bicyclic) bond motifs is 1. The van der Waals surface area contributed by atoms with Crippen molar-refractivity contribution in [2.45, 2.75) is 32.4 Å². The Balaban J connectivity index is 0.000000220. The van der Waals surface area contributed by atoms with Crippen molar-refractivity contribution in [3.05, 3.63) is 76.1 Å². The topological polar surface area (TPSA) is 149 Å². The van der Waals surface area contributed by atoms with Crippen LogP contribution in [0.5, 0.6) is 0 Å². The van der Waals surface area contributed by atoms with Crippen LogP contribution < -0.4 is 22.4 Å². The number of aryl methyl sites for hydroxylation is 1. The van der Waals surface area contributed by atoms with Gasteiger partial charge in [-0.15, -0.1) is 0 Å². The van der Waals surface area contributed by atoms with Crippen molar-refractivity contribution >= 4 is 28.5 Å². The molecule has 0 saturated carbocycles. The number of hydrogen-bond donors (Lipinski definition) is 4. The molecule has 1 amide bonds. The van der Waals surface area contributed by atoms with Gasteiger partial charge in [-0.3, -0.25) is 4.79 Å². The Hall–Kier alpha value is -3.65. The second kappa shape index (κ2) is 10.2. The third-order valence-corrected chi connectivity index (χ3v) is 4.29. The molecule has 1 heterocycles. The van der Waals surface area contributed by atoms with Crippen molar-refractivity contribution < 1.29 is 19.1 Å². The van der Waals surface area contributed by atoms with Gasteiger partial charge in [0.25, 0.3) is 0 Å². The van der Waals surface area contributed by atoms with Crippen LogP contribution in [-0.4, -0.2) is 29.1 Å². The Morgan fingerprint density at radius 2 is 1.80 bits per heavy atom. The standard InChI is InChI=1S/C12H16N2O3.C10H9NO2/c1-8(13)11(15)14-10(12(16)17)7-9-5-3-2-4-6-9;1-6-4-10(12)13-9-5-7(11)2-3-8(6)9/h2-6,8,10H,7,13H2,1H3,(H,14,15)(H,16,17);2-5H,11H2,1H3/t8-,10-;/m0./s1. The zero-order chi connectivity index (χ0) is 22.3. The molecule has 3 rings (SSSR count). The van der Waals surface area contributed by atoms with Crippen molar-refractivity contribution in [3.63, 3.8) is 0 Å². The van der Waals surface area contributed by atoms with Crippen molar-refractivity contribution in [1.82, 2.24) is 5.32 Å². The summed E-state index contributed by atoms with van der Waals surface area (Å²) >= 11 is 0. The van der Waals surface area contributed by atoms with E-state index in [9.17, 15) is 14.4 Å². The highest BCUT2D eigenvalue weighted by molar-refractivity contribution is 5.86. The van der Waals surface area contributed by atoms with Crippen molar-refractivity contribution in [3.8, 4) is 0 Å². The molecule has 2 aromatic carbocycles. The van der Waals surface area contributed by atoms with Crippen LogP contribution in [0.2, 0.25) is 0 Å². The number of nitrogen functional groups attached to an aromatic ring is 1. The van der Waals surface area contributed by atoms with E-state index in [2.05, 4.69) is 5.32 Å². The fraction of sp³-hybridized carbons (Fsp3) is 0.227. The number of amides is 1. The molecule has 0 spiro atoms. The predicted molar refractivity (Wildman–Crippen MR) is 115 cm³/mol. The van der Waals surface area contributed by atoms with E-state index >= 15 is 0 Å². The molecular weight excluding hydrogens is 386 g/mol. The largest absolute Gasteiger partial charge is 0.480 e. The lowest BCUT2D eigenvalue weighted by Crippen LogP contribution is -2.48. The Kier molecular flexibility index (Phi) is 7.71. The maximum absolute atomic E-state index is 11.3. The van der Waals surface area contributed by atoms with Crippen molar-refractivity contribution in [1.29, 1.82) is 0 Å². The van der Waals surface area contributed by atoms with Gasteiger partial charge in [-0.25, -0.2) is 9.59 Å². The number of rotatable bonds is 5. The molecule has 30 heavy (non-hydrogen) atoms. The molecule has 0 aliphatic heterocycles. The summed E-state index contributed by atoms with van der Waals surface area (Å²) in [5.41, 5.74) is 13.5. The van der Waals surface area contributed by atoms with Gasteiger partial charge in [0, 0.05) is 29.6 Å². The number of nitrogens with one attached hydrogen (secondary N) is 1. The summed E-state index contributed by atoms with van der Waals surface area (Å²) < 4.78 is 4.99. The van der Waals surface area contributed by atoms with E-state index in [0.29, 0.717) is 11.3 Å². The SMILES string of the molecule is C[C@H](N)C(=O)N[C@@H](Cc1ccccc1)C(=O)O.Cc1cc(=O)oc2cc(N)ccc12. The molecular formula is C22H25N3O5. The first-order valence-electron chi connectivity index (χ1n) is 9.30. The van der Waals surface area contributed by atoms with Crippen LogP contribution >= 0.6 is 0 Å². The van der Waals surface area contributed by atoms with Gasteiger partial charge in [-0.05, 0) is 37.1 Å². The van der Waals surface area contributed by atoms with Crippen LogP contribution in [0, 0.1) is 6.92 Å². The van der Waals surface area contributed by atoms with E-state index in [1.165, 1.54) is 13.0 Å². The minimum atomic E-state index is -1.07. The zero-order valence-corrected chi connectivity index (χ0v) is 16.8. The molecule has 6 N–H and O–H groups in total. The van der Waals surface area contributed by atoms with E-state index in [0.717, 1.165) is 16.5 Å². The third-order valence-electron chi connectivity index (χ3n) is 4.29. The second-order valence-corrected chi connectivity index (χ2v) is 6.88. The first-order valence-corrected chi connectivity index (χ1v) is 9.30. The minimum Gasteiger partial charge on any atom is -0.480 e. The number of benzene rings is 2. The summed E-state index contributed by atoms with van der Waals surface area (Å²) in [6, 6.07) is 14.2. The third kappa shape index (κ3) is 6.46. The molecule has 1 aromatic heterocycles. The monoisotopic (exact) mass is 411 g/mol. The van der Waals surface area contributed by atoms with Crippen LogP contribution in [0.3, 0.4) is 0 Å². The molecule has 0 unspecified atom stereocenters. The Morgan fingerprint density at radius 1 is 1.13 bits per heavy atom. The second-order valence-electron chi connectivity index (χ2n) is 6.88. The van der Waals surface area contributed by atoms with Gasteiger partial charge in [0.15, 0.2) is 0 Å².